The van der Waals surface area contributed by atoms with Crippen LogP contribution in [0, 0.1) is 0 Å². The van der Waals surface area contributed by atoms with E-state index < -0.39 is 6.10 Å². The van der Waals surface area contributed by atoms with Gasteiger partial charge in [0.25, 0.3) is 11.8 Å². The van der Waals surface area contributed by atoms with Crippen molar-refractivity contribution in [2.45, 2.75) is 39.0 Å². The summed E-state index contributed by atoms with van der Waals surface area (Å²) in [5.74, 6) is -0.0278. The lowest BCUT2D eigenvalue weighted by atomic mass is 10.1. The molecule has 0 saturated carbocycles. The maximum atomic E-state index is 13.0. The van der Waals surface area contributed by atoms with E-state index in [1.54, 1.807) is 25.1 Å². The van der Waals surface area contributed by atoms with Gasteiger partial charge in [-0.05, 0) is 43.7 Å². The second kappa shape index (κ2) is 8.43. The van der Waals surface area contributed by atoms with Gasteiger partial charge in [-0.3, -0.25) is 15.0 Å². The molecule has 0 radical (unpaired) electrons. The molecule has 1 aliphatic heterocycles. The Morgan fingerprint density at radius 3 is 2.74 bits per heavy atom. The molecular weight excluding hydrogens is 410 g/mol. The third kappa shape index (κ3) is 4.42. The zero-order valence-electron chi connectivity index (χ0n) is 15.2. The molecule has 0 aromatic heterocycles. The summed E-state index contributed by atoms with van der Waals surface area (Å²) in [6.07, 6.45) is 0.504. The predicted molar refractivity (Wildman–Crippen MR) is 107 cm³/mol. The largest absolute Gasteiger partial charge is 0.481 e. The summed E-state index contributed by atoms with van der Waals surface area (Å²) in [5, 5.41) is 4.69. The van der Waals surface area contributed by atoms with Gasteiger partial charge >= 0.3 is 0 Å². The van der Waals surface area contributed by atoms with Crippen LogP contribution in [0.4, 0.5) is 5.69 Å². The maximum absolute atomic E-state index is 13.0. The number of halogens is 1. The van der Waals surface area contributed by atoms with Crippen LogP contribution in [0.15, 0.2) is 53.0 Å². The highest BCUT2D eigenvalue weighted by atomic mass is 79.9. The normalized spacial score (nSPS) is 16.9. The van der Waals surface area contributed by atoms with Gasteiger partial charge in [-0.1, -0.05) is 47.5 Å². The molecule has 0 bridgehead atoms. The molecular formula is C20H22BrN3O3. The number of carbonyl (C=O) groups is 2. The summed E-state index contributed by atoms with van der Waals surface area (Å²) in [5.41, 5.74) is 4.00. The van der Waals surface area contributed by atoms with Crippen LogP contribution in [-0.4, -0.2) is 29.1 Å². The van der Waals surface area contributed by atoms with Crippen molar-refractivity contribution < 1.29 is 14.3 Å². The van der Waals surface area contributed by atoms with Gasteiger partial charge < -0.3 is 10.1 Å². The summed E-state index contributed by atoms with van der Waals surface area (Å²) in [6.45, 7) is 3.69. The molecule has 142 valence electrons. The van der Waals surface area contributed by atoms with Crippen LogP contribution in [0.25, 0.3) is 0 Å². The molecule has 0 fully saturated rings. The third-order valence-electron chi connectivity index (χ3n) is 4.28. The van der Waals surface area contributed by atoms with E-state index in [0.717, 1.165) is 16.6 Å². The van der Waals surface area contributed by atoms with Crippen LogP contribution in [0.3, 0.4) is 0 Å². The average molecular weight is 432 g/mol. The van der Waals surface area contributed by atoms with Gasteiger partial charge in [0.05, 0.1) is 5.56 Å². The topological polar surface area (TPSA) is 70.7 Å². The number of carbonyl (C=O) groups excluding carboxylic acids is 2. The minimum atomic E-state index is -0.744. The van der Waals surface area contributed by atoms with E-state index >= 15 is 0 Å². The van der Waals surface area contributed by atoms with Gasteiger partial charge in [0.2, 0.25) is 0 Å². The summed E-state index contributed by atoms with van der Waals surface area (Å²) >= 11 is 3.39. The first-order chi connectivity index (χ1) is 13.0. The Hall–Kier alpha value is -2.54. The molecule has 7 heteroatoms. The molecule has 6 nitrogen and oxygen atoms in total. The first-order valence-corrected chi connectivity index (χ1v) is 9.70. The number of nitrogens with zero attached hydrogens (tertiary/aromatic N) is 1. The fraction of sp³-hybridized carbons (Fsp3) is 0.300. The summed E-state index contributed by atoms with van der Waals surface area (Å²) in [7, 11) is 0. The quantitative estimate of drug-likeness (QED) is 0.726. The zero-order chi connectivity index (χ0) is 19.4. The maximum Gasteiger partial charge on any atom is 0.279 e. The molecule has 0 saturated heterocycles. The highest BCUT2D eigenvalue weighted by Crippen LogP contribution is 2.28. The van der Waals surface area contributed by atoms with Gasteiger partial charge in [-0.25, -0.2) is 5.01 Å². The molecule has 3 rings (SSSR count). The number of hydrogen-bond donors (Lipinski definition) is 2. The lowest BCUT2D eigenvalue weighted by Crippen LogP contribution is -2.59. The predicted octanol–water partition coefficient (Wildman–Crippen LogP) is 3.94. The van der Waals surface area contributed by atoms with E-state index in [9.17, 15) is 9.59 Å². The number of benzene rings is 2. The summed E-state index contributed by atoms with van der Waals surface area (Å²) in [4.78, 5) is 25.6. The Morgan fingerprint density at radius 2 is 2.04 bits per heavy atom. The number of rotatable bonds is 6. The minimum Gasteiger partial charge on any atom is -0.481 e. The zero-order valence-corrected chi connectivity index (χ0v) is 16.8. The SMILES string of the molecule is CCCC1Nc2ccc(Br)cc2C(=O)N1NC(=O)C(C)Oc1ccccc1. The van der Waals surface area contributed by atoms with Crippen molar-refractivity contribution in [3.63, 3.8) is 0 Å². The second-order valence-electron chi connectivity index (χ2n) is 6.36. The second-order valence-corrected chi connectivity index (χ2v) is 7.28. The molecule has 27 heavy (non-hydrogen) atoms. The van der Waals surface area contributed by atoms with Crippen molar-refractivity contribution in [3.05, 3.63) is 58.6 Å². The Labute approximate surface area is 167 Å². The molecule has 1 aliphatic rings. The lowest BCUT2D eigenvalue weighted by Gasteiger charge is -2.38. The van der Waals surface area contributed by atoms with Crippen LogP contribution in [0.5, 0.6) is 5.75 Å². The minimum absolute atomic E-state index is 0.247. The molecule has 2 atom stereocenters. The number of hydrazine groups is 1. The Kier molecular flexibility index (Phi) is 6.01. The average Bonchev–Trinajstić information content (AvgIpc) is 2.66. The molecule has 0 spiro atoms. The van der Waals surface area contributed by atoms with Crippen LogP contribution in [0.2, 0.25) is 0 Å². The Morgan fingerprint density at radius 1 is 1.30 bits per heavy atom. The van der Waals surface area contributed by atoms with E-state index in [1.807, 2.05) is 37.3 Å². The molecule has 1 heterocycles. The molecule has 2 aromatic carbocycles. The van der Waals surface area contributed by atoms with Gasteiger partial charge in [0, 0.05) is 10.2 Å². The fourth-order valence-electron chi connectivity index (χ4n) is 2.90. The lowest BCUT2D eigenvalue weighted by molar-refractivity contribution is -0.132. The van der Waals surface area contributed by atoms with Gasteiger partial charge in [0.1, 0.15) is 11.9 Å². The van der Waals surface area contributed by atoms with Gasteiger partial charge in [0.15, 0.2) is 6.10 Å². The van der Waals surface area contributed by atoms with Crippen LogP contribution in [-0.2, 0) is 4.79 Å². The van der Waals surface area contributed by atoms with E-state index in [0.29, 0.717) is 17.7 Å². The van der Waals surface area contributed by atoms with Crippen molar-refractivity contribution >= 4 is 33.4 Å². The van der Waals surface area contributed by atoms with Gasteiger partial charge in [-0.15, -0.1) is 0 Å². The van der Waals surface area contributed by atoms with E-state index in [2.05, 4.69) is 26.7 Å². The van der Waals surface area contributed by atoms with Crippen molar-refractivity contribution in [2.24, 2.45) is 0 Å². The van der Waals surface area contributed by atoms with Crippen molar-refractivity contribution in [3.8, 4) is 5.75 Å². The Bertz CT molecular complexity index is 828. The van der Waals surface area contributed by atoms with Crippen molar-refractivity contribution in [1.82, 2.24) is 10.4 Å². The number of hydrogen-bond acceptors (Lipinski definition) is 4. The fourth-order valence-corrected chi connectivity index (χ4v) is 3.27. The number of para-hydroxylation sites is 1. The van der Waals surface area contributed by atoms with Gasteiger partial charge in [-0.2, -0.15) is 0 Å². The van der Waals surface area contributed by atoms with E-state index in [-0.39, 0.29) is 18.0 Å². The standard InChI is InChI=1S/C20H22BrN3O3/c1-3-7-18-22-17-11-10-14(21)12-16(17)20(26)24(18)23-19(25)13(2)27-15-8-5-4-6-9-15/h4-6,8-13,18,22H,3,7H2,1-2H3,(H,23,25). The molecule has 2 unspecified atom stereocenters. The smallest absolute Gasteiger partial charge is 0.279 e. The summed E-state index contributed by atoms with van der Waals surface area (Å²) < 4.78 is 6.46. The summed E-state index contributed by atoms with van der Waals surface area (Å²) in [6, 6.07) is 14.6. The molecule has 2 aromatic rings. The van der Waals surface area contributed by atoms with E-state index in [4.69, 9.17) is 4.74 Å². The molecule has 2 amide bonds. The number of anilines is 1. The first-order valence-electron chi connectivity index (χ1n) is 8.91. The number of nitrogens with one attached hydrogen (secondary N) is 2. The molecule has 2 N–H and O–H groups in total. The molecule has 0 aliphatic carbocycles. The third-order valence-corrected chi connectivity index (χ3v) is 4.78. The van der Waals surface area contributed by atoms with Crippen molar-refractivity contribution in [1.29, 1.82) is 0 Å². The Balaban J connectivity index is 1.76. The van der Waals surface area contributed by atoms with E-state index in [1.165, 1.54) is 5.01 Å². The number of ether oxygens (including phenoxy) is 1. The number of amides is 2. The monoisotopic (exact) mass is 431 g/mol. The first kappa shape index (κ1) is 19.2. The highest BCUT2D eigenvalue weighted by molar-refractivity contribution is 9.10. The van der Waals surface area contributed by atoms with Crippen LogP contribution in [0.1, 0.15) is 37.0 Å². The van der Waals surface area contributed by atoms with Crippen LogP contribution < -0.4 is 15.5 Å². The highest BCUT2D eigenvalue weighted by Gasteiger charge is 2.34. The number of fused-ring (bicyclic) bond motifs is 1. The van der Waals surface area contributed by atoms with Crippen LogP contribution >= 0.6 is 15.9 Å². The van der Waals surface area contributed by atoms with Crippen molar-refractivity contribution in [2.75, 3.05) is 5.32 Å².